The number of nitrogens with zero attached hydrogens (tertiary/aromatic N) is 1. The van der Waals surface area contributed by atoms with Crippen LogP contribution in [0, 0.1) is 0 Å². The quantitative estimate of drug-likeness (QED) is 0.419. The molecule has 0 unspecified atom stereocenters. The van der Waals surface area contributed by atoms with Crippen molar-refractivity contribution in [3.63, 3.8) is 0 Å². The zero-order valence-electron chi connectivity index (χ0n) is 17.6. The first-order valence-corrected chi connectivity index (χ1v) is 10.2. The molecule has 1 N–H and O–H groups in total. The van der Waals surface area contributed by atoms with Crippen molar-refractivity contribution in [2.24, 2.45) is 0 Å². The Morgan fingerprint density at radius 1 is 1.00 bits per heavy atom. The van der Waals surface area contributed by atoms with Gasteiger partial charge in [0.15, 0.2) is 0 Å². The van der Waals surface area contributed by atoms with Crippen molar-refractivity contribution in [3.05, 3.63) is 88.4 Å². The summed E-state index contributed by atoms with van der Waals surface area (Å²) in [5, 5.41) is 10.1. The van der Waals surface area contributed by atoms with E-state index in [1.165, 1.54) is 35.2 Å². The van der Waals surface area contributed by atoms with E-state index < -0.39 is 35.4 Å². The number of anilines is 1. The van der Waals surface area contributed by atoms with Crippen LogP contribution in [-0.2, 0) is 6.18 Å². The first-order valence-electron chi connectivity index (χ1n) is 9.79. The molecule has 0 spiro atoms. The normalized spacial score (nSPS) is 11.4. The number of carboxylic acid groups (broad SMARTS) is 1. The van der Waals surface area contributed by atoms with Crippen LogP contribution < -0.4 is 9.64 Å². The Morgan fingerprint density at radius 3 is 2.30 bits per heavy atom. The van der Waals surface area contributed by atoms with Crippen LogP contribution in [0.15, 0.2) is 66.7 Å². The molecule has 1 amide bonds. The van der Waals surface area contributed by atoms with Gasteiger partial charge in [-0.15, -0.1) is 0 Å². The molecular formula is C24H19ClF3NO4. The summed E-state index contributed by atoms with van der Waals surface area (Å²) >= 11 is 5.98. The molecule has 0 aliphatic rings. The number of carbonyl (C=O) groups excluding carboxylic acids is 1. The number of hydrogen-bond acceptors (Lipinski definition) is 3. The monoisotopic (exact) mass is 477 g/mol. The second kappa shape index (κ2) is 9.54. The van der Waals surface area contributed by atoms with Gasteiger partial charge in [0.05, 0.1) is 16.8 Å². The second-order valence-electron chi connectivity index (χ2n) is 7.36. The molecular weight excluding hydrogens is 459 g/mol. The fourth-order valence-electron chi connectivity index (χ4n) is 3.26. The van der Waals surface area contributed by atoms with Gasteiger partial charge in [-0.1, -0.05) is 29.8 Å². The first-order chi connectivity index (χ1) is 15.5. The summed E-state index contributed by atoms with van der Waals surface area (Å²) in [4.78, 5) is 26.4. The van der Waals surface area contributed by atoms with Crippen molar-refractivity contribution in [1.82, 2.24) is 0 Å². The Bertz CT molecular complexity index is 1190. The van der Waals surface area contributed by atoms with Gasteiger partial charge in [0, 0.05) is 16.6 Å². The van der Waals surface area contributed by atoms with E-state index in [0.29, 0.717) is 5.02 Å². The Labute approximate surface area is 193 Å². The van der Waals surface area contributed by atoms with Crippen LogP contribution in [0.5, 0.6) is 11.5 Å². The van der Waals surface area contributed by atoms with Gasteiger partial charge in [-0.2, -0.15) is 13.2 Å². The summed E-state index contributed by atoms with van der Waals surface area (Å²) < 4.78 is 45.2. The highest BCUT2D eigenvalue weighted by Gasteiger charge is 2.34. The molecule has 9 heteroatoms. The zero-order chi connectivity index (χ0) is 24.3. The maximum Gasteiger partial charge on any atom is 0.419 e. The predicted molar refractivity (Wildman–Crippen MR) is 118 cm³/mol. The first kappa shape index (κ1) is 24.1. The third-order valence-electron chi connectivity index (χ3n) is 4.68. The standard InChI is InChI=1S/C24H19ClF3NO4/c1-14(2)29(22(30)15-6-5-7-16(25)12-15)20-11-10-17(13-18(20)23(31)32)33-21-9-4-3-8-19(21)24(26,27)28/h3-14H,1-2H3,(H,31,32). The Kier molecular flexibility index (Phi) is 6.98. The van der Waals surface area contributed by atoms with E-state index in [2.05, 4.69) is 0 Å². The average molecular weight is 478 g/mol. The largest absolute Gasteiger partial charge is 0.478 e. The lowest BCUT2D eigenvalue weighted by Gasteiger charge is -2.28. The van der Waals surface area contributed by atoms with Gasteiger partial charge in [0.1, 0.15) is 11.5 Å². The highest BCUT2D eigenvalue weighted by Crippen LogP contribution is 2.39. The van der Waals surface area contributed by atoms with Gasteiger partial charge < -0.3 is 14.7 Å². The number of aromatic carboxylic acids is 1. The van der Waals surface area contributed by atoms with Gasteiger partial charge in [0.2, 0.25) is 0 Å². The van der Waals surface area contributed by atoms with E-state index in [1.54, 1.807) is 32.0 Å². The molecule has 3 aromatic carbocycles. The van der Waals surface area contributed by atoms with Gasteiger partial charge >= 0.3 is 12.1 Å². The van der Waals surface area contributed by atoms with E-state index in [-0.39, 0.29) is 22.6 Å². The van der Waals surface area contributed by atoms with E-state index in [9.17, 15) is 27.9 Å². The number of carboxylic acids is 1. The highest BCUT2D eigenvalue weighted by molar-refractivity contribution is 6.31. The van der Waals surface area contributed by atoms with E-state index in [0.717, 1.165) is 18.2 Å². The Hall–Kier alpha value is -3.52. The molecule has 3 rings (SSSR count). The van der Waals surface area contributed by atoms with Crippen LogP contribution in [0.25, 0.3) is 0 Å². The zero-order valence-corrected chi connectivity index (χ0v) is 18.3. The van der Waals surface area contributed by atoms with Gasteiger partial charge in [-0.3, -0.25) is 4.79 Å². The number of amides is 1. The number of rotatable bonds is 6. The lowest BCUT2D eigenvalue weighted by molar-refractivity contribution is -0.138. The number of hydrogen-bond donors (Lipinski definition) is 1. The molecule has 3 aromatic rings. The SMILES string of the molecule is CC(C)N(C(=O)c1cccc(Cl)c1)c1ccc(Oc2ccccc2C(F)(F)F)cc1C(=O)O. The van der Waals surface area contributed by atoms with Crippen molar-refractivity contribution in [3.8, 4) is 11.5 Å². The van der Waals surface area contributed by atoms with E-state index in [1.807, 2.05) is 0 Å². The number of halogens is 4. The third kappa shape index (κ3) is 5.46. The minimum atomic E-state index is -4.65. The van der Waals surface area contributed by atoms with Crippen LogP contribution in [-0.4, -0.2) is 23.0 Å². The number of para-hydroxylation sites is 1. The predicted octanol–water partition coefficient (Wildman–Crippen LogP) is 6.90. The van der Waals surface area contributed by atoms with Crippen LogP contribution in [0.2, 0.25) is 5.02 Å². The van der Waals surface area contributed by atoms with Gasteiger partial charge in [-0.05, 0) is 62.4 Å². The third-order valence-corrected chi connectivity index (χ3v) is 4.92. The number of alkyl halides is 3. The number of carbonyl (C=O) groups is 2. The lowest BCUT2D eigenvalue weighted by atomic mass is 10.1. The Morgan fingerprint density at radius 2 is 1.70 bits per heavy atom. The smallest absolute Gasteiger partial charge is 0.419 e. The molecule has 0 heterocycles. The van der Waals surface area contributed by atoms with Crippen LogP contribution in [0.4, 0.5) is 18.9 Å². The van der Waals surface area contributed by atoms with Crippen molar-refractivity contribution < 1.29 is 32.6 Å². The lowest BCUT2D eigenvalue weighted by Crippen LogP contribution is -2.38. The molecule has 0 aliphatic carbocycles. The van der Waals surface area contributed by atoms with Crippen molar-refractivity contribution >= 4 is 29.2 Å². The maximum absolute atomic E-state index is 13.3. The maximum atomic E-state index is 13.3. The van der Waals surface area contributed by atoms with Gasteiger partial charge in [0.25, 0.3) is 5.91 Å². The molecule has 33 heavy (non-hydrogen) atoms. The molecule has 0 saturated carbocycles. The minimum absolute atomic E-state index is 0.0685. The summed E-state index contributed by atoms with van der Waals surface area (Å²) in [5.41, 5.74) is -0.974. The highest BCUT2D eigenvalue weighted by atomic mass is 35.5. The molecule has 0 bridgehead atoms. The molecule has 0 radical (unpaired) electrons. The van der Waals surface area contributed by atoms with Crippen LogP contribution in [0.1, 0.15) is 40.1 Å². The fourth-order valence-corrected chi connectivity index (χ4v) is 3.45. The van der Waals surface area contributed by atoms with Crippen LogP contribution in [0.3, 0.4) is 0 Å². The minimum Gasteiger partial charge on any atom is -0.478 e. The van der Waals surface area contributed by atoms with Crippen molar-refractivity contribution in [1.29, 1.82) is 0 Å². The summed E-state index contributed by atoms with van der Waals surface area (Å²) in [7, 11) is 0. The molecule has 0 aliphatic heterocycles. The number of ether oxygens (including phenoxy) is 1. The molecule has 0 atom stereocenters. The van der Waals surface area contributed by atoms with Crippen molar-refractivity contribution in [2.45, 2.75) is 26.1 Å². The summed E-state index contributed by atoms with van der Waals surface area (Å²) in [6, 6.07) is 14.1. The van der Waals surface area contributed by atoms with E-state index in [4.69, 9.17) is 16.3 Å². The molecule has 172 valence electrons. The molecule has 5 nitrogen and oxygen atoms in total. The number of benzene rings is 3. The summed E-state index contributed by atoms with van der Waals surface area (Å²) in [5.74, 6) is -2.44. The topological polar surface area (TPSA) is 66.8 Å². The van der Waals surface area contributed by atoms with Gasteiger partial charge in [-0.25, -0.2) is 4.79 Å². The van der Waals surface area contributed by atoms with Crippen molar-refractivity contribution in [2.75, 3.05) is 4.90 Å². The molecule has 0 saturated heterocycles. The van der Waals surface area contributed by atoms with Crippen LogP contribution >= 0.6 is 11.6 Å². The molecule has 0 fully saturated rings. The average Bonchev–Trinajstić information content (AvgIpc) is 2.74. The summed E-state index contributed by atoms with van der Waals surface area (Å²) in [6.07, 6.45) is -4.65. The fraction of sp³-hybridized carbons (Fsp3) is 0.167. The summed E-state index contributed by atoms with van der Waals surface area (Å²) in [6.45, 7) is 3.41. The molecule has 0 aromatic heterocycles. The Balaban J connectivity index is 2.04. The van der Waals surface area contributed by atoms with E-state index >= 15 is 0 Å². The second-order valence-corrected chi connectivity index (χ2v) is 7.80.